The number of hydrogen-bond donors (Lipinski definition) is 2. The number of alkyl halides is 3. The highest BCUT2D eigenvalue weighted by Crippen LogP contribution is 2.51. The maximum Gasteiger partial charge on any atom is 0.390 e. The Morgan fingerprint density at radius 2 is 1.95 bits per heavy atom. The molecule has 1 saturated carbocycles. The van der Waals surface area contributed by atoms with Crippen LogP contribution in [0, 0.1) is 5.41 Å². The first kappa shape index (κ1) is 17.1. The van der Waals surface area contributed by atoms with Crippen LogP contribution in [0.5, 0.6) is 0 Å². The number of halogens is 3. The van der Waals surface area contributed by atoms with Crippen LogP contribution >= 0.6 is 0 Å². The average molecular weight is 295 g/mol. The molecule has 4 nitrogen and oxygen atoms in total. The van der Waals surface area contributed by atoms with Gasteiger partial charge >= 0.3 is 6.18 Å². The Morgan fingerprint density at radius 1 is 1.35 bits per heavy atom. The minimum atomic E-state index is -4.16. The number of nitrogens with one attached hydrogen (secondary N) is 2. The summed E-state index contributed by atoms with van der Waals surface area (Å²) in [5.41, 5.74) is -0.348. The van der Waals surface area contributed by atoms with E-state index in [1.807, 2.05) is 6.92 Å². The van der Waals surface area contributed by atoms with Crippen molar-refractivity contribution in [3.8, 4) is 0 Å². The highest BCUT2D eigenvalue weighted by Gasteiger charge is 2.58. The van der Waals surface area contributed by atoms with Gasteiger partial charge in [-0.15, -0.1) is 0 Å². The SMILES string of the molecule is CN=C(NCCC(F)(F)F)NC1CC(C)(OC)C1(C)C. The summed E-state index contributed by atoms with van der Waals surface area (Å²) in [6, 6.07) is 0.115. The molecule has 2 N–H and O–H groups in total. The lowest BCUT2D eigenvalue weighted by molar-refractivity contribution is -0.176. The van der Waals surface area contributed by atoms with Crippen LogP contribution in [0.1, 0.15) is 33.6 Å². The second kappa shape index (κ2) is 5.79. The third kappa shape index (κ3) is 3.56. The molecule has 0 radical (unpaired) electrons. The van der Waals surface area contributed by atoms with Crippen LogP contribution in [0.25, 0.3) is 0 Å². The number of ether oxygens (including phenoxy) is 1. The average Bonchev–Trinajstić information content (AvgIpc) is 2.34. The predicted molar refractivity (Wildman–Crippen MR) is 72.8 cm³/mol. The van der Waals surface area contributed by atoms with Gasteiger partial charge in [-0.05, 0) is 13.3 Å². The van der Waals surface area contributed by atoms with Gasteiger partial charge in [0.25, 0.3) is 0 Å². The van der Waals surface area contributed by atoms with E-state index in [2.05, 4.69) is 29.5 Å². The first-order chi connectivity index (χ1) is 9.05. The van der Waals surface area contributed by atoms with Crippen molar-refractivity contribution >= 4 is 5.96 Å². The molecule has 7 heteroatoms. The molecule has 1 aliphatic rings. The lowest BCUT2D eigenvalue weighted by Crippen LogP contribution is -2.69. The maximum absolute atomic E-state index is 12.1. The summed E-state index contributed by atoms with van der Waals surface area (Å²) in [7, 11) is 3.22. The predicted octanol–water partition coefficient (Wildman–Crippen LogP) is 2.31. The zero-order valence-corrected chi connectivity index (χ0v) is 12.7. The van der Waals surface area contributed by atoms with Gasteiger partial charge in [-0.2, -0.15) is 13.2 Å². The number of hydrogen-bond acceptors (Lipinski definition) is 2. The van der Waals surface area contributed by atoms with E-state index < -0.39 is 12.6 Å². The molecule has 2 atom stereocenters. The molecule has 0 aromatic rings. The largest absolute Gasteiger partial charge is 0.390 e. The molecule has 0 heterocycles. The normalized spacial score (nSPS) is 29.8. The van der Waals surface area contributed by atoms with Crippen LogP contribution in [-0.2, 0) is 4.74 Å². The van der Waals surface area contributed by atoms with E-state index in [-0.39, 0.29) is 23.6 Å². The highest BCUT2D eigenvalue weighted by molar-refractivity contribution is 5.80. The summed E-state index contributed by atoms with van der Waals surface area (Å²) in [6.45, 7) is 5.99. The Bertz CT molecular complexity index is 368. The molecule has 1 aliphatic carbocycles. The van der Waals surface area contributed by atoms with Crippen molar-refractivity contribution in [2.75, 3.05) is 20.7 Å². The van der Waals surface area contributed by atoms with Gasteiger partial charge in [0, 0.05) is 32.2 Å². The molecule has 0 spiro atoms. The van der Waals surface area contributed by atoms with Crippen molar-refractivity contribution in [2.45, 2.75) is 51.4 Å². The van der Waals surface area contributed by atoms with E-state index in [0.29, 0.717) is 5.96 Å². The fourth-order valence-electron chi connectivity index (χ4n) is 2.41. The summed E-state index contributed by atoms with van der Waals surface area (Å²) in [6.07, 6.45) is -4.25. The molecule has 20 heavy (non-hydrogen) atoms. The number of methoxy groups -OCH3 is 1. The first-order valence-electron chi connectivity index (χ1n) is 6.65. The zero-order valence-electron chi connectivity index (χ0n) is 12.7. The third-order valence-corrected chi connectivity index (χ3v) is 4.51. The Morgan fingerprint density at radius 3 is 2.35 bits per heavy atom. The minimum Gasteiger partial charge on any atom is -0.378 e. The Kier molecular flexibility index (Phi) is 4.94. The summed E-state index contributed by atoms with van der Waals surface area (Å²) in [5, 5.41) is 5.85. The van der Waals surface area contributed by atoms with Gasteiger partial charge in [0.2, 0.25) is 0 Å². The monoisotopic (exact) mass is 295 g/mol. The van der Waals surface area contributed by atoms with Crippen LogP contribution in [0.4, 0.5) is 13.2 Å². The van der Waals surface area contributed by atoms with E-state index in [1.165, 1.54) is 0 Å². The smallest absolute Gasteiger partial charge is 0.378 e. The van der Waals surface area contributed by atoms with Crippen LogP contribution in [0.15, 0.2) is 4.99 Å². The number of nitrogens with zero attached hydrogens (tertiary/aromatic N) is 1. The standard InChI is InChI=1S/C13H24F3N3O/c1-11(2)9(8-12(11,3)20-5)19-10(17-4)18-7-6-13(14,15)16/h9H,6-8H2,1-5H3,(H2,17,18,19). The van der Waals surface area contributed by atoms with Crippen LogP contribution in [-0.4, -0.2) is 44.5 Å². The van der Waals surface area contributed by atoms with Gasteiger partial charge < -0.3 is 15.4 Å². The van der Waals surface area contributed by atoms with Gasteiger partial charge in [0.1, 0.15) is 0 Å². The number of guanidine groups is 1. The summed E-state index contributed by atoms with van der Waals surface area (Å²) >= 11 is 0. The fraction of sp³-hybridized carbons (Fsp3) is 0.923. The Balaban J connectivity index is 2.48. The second-order valence-electron chi connectivity index (χ2n) is 5.92. The van der Waals surface area contributed by atoms with Crippen LogP contribution < -0.4 is 10.6 Å². The van der Waals surface area contributed by atoms with Crippen molar-refractivity contribution in [3.63, 3.8) is 0 Å². The quantitative estimate of drug-likeness (QED) is 0.618. The van der Waals surface area contributed by atoms with Gasteiger partial charge in [-0.25, -0.2) is 0 Å². The van der Waals surface area contributed by atoms with Crippen LogP contribution in [0.3, 0.4) is 0 Å². The summed E-state index contributed by atoms with van der Waals surface area (Å²) < 4.78 is 41.8. The van der Waals surface area contributed by atoms with Gasteiger partial charge in [0.05, 0.1) is 12.0 Å². The van der Waals surface area contributed by atoms with E-state index in [0.717, 1.165) is 6.42 Å². The van der Waals surface area contributed by atoms with E-state index in [1.54, 1.807) is 14.2 Å². The molecular formula is C13H24F3N3O. The third-order valence-electron chi connectivity index (χ3n) is 4.51. The lowest BCUT2D eigenvalue weighted by Gasteiger charge is -2.59. The van der Waals surface area contributed by atoms with E-state index in [9.17, 15) is 13.2 Å². The molecule has 1 rings (SSSR count). The van der Waals surface area contributed by atoms with Crippen molar-refractivity contribution in [1.29, 1.82) is 0 Å². The lowest BCUT2D eigenvalue weighted by atomic mass is 9.56. The molecular weight excluding hydrogens is 271 g/mol. The molecule has 0 aromatic carbocycles. The van der Waals surface area contributed by atoms with E-state index >= 15 is 0 Å². The fourth-order valence-corrected chi connectivity index (χ4v) is 2.41. The molecule has 0 aromatic heterocycles. The topological polar surface area (TPSA) is 45.7 Å². The zero-order chi connectivity index (χ0) is 15.6. The molecule has 0 saturated heterocycles. The molecule has 2 unspecified atom stereocenters. The molecule has 0 amide bonds. The van der Waals surface area contributed by atoms with Gasteiger partial charge in [-0.3, -0.25) is 4.99 Å². The Hall–Kier alpha value is -0.980. The van der Waals surface area contributed by atoms with Crippen molar-refractivity contribution in [2.24, 2.45) is 10.4 Å². The first-order valence-corrected chi connectivity index (χ1v) is 6.65. The molecule has 0 aliphatic heterocycles. The Labute approximate surface area is 118 Å². The maximum atomic E-state index is 12.1. The number of rotatable bonds is 4. The molecule has 1 fully saturated rings. The van der Waals surface area contributed by atoms with Crippen molar-refractivity contribution in [1.82, 2.24) is 10.6 Å². The van der Waals surface area contributed by atoms with Gasteiger partial charge in [0.15, 0.2) is 5.96 Å². The molecule has 118 valence electrons. The second-order valence-corrected chi connectivity index (χ2v) is 5.92. The summed E-state index contributed by atoms with van der Waals surface area (Å²) in [5.74, 6) is 0.394. The van der Waals surface area contributed by atoms with Crippen LogP contribution in [0.2, 0.25) is 0 Å². The van der Waals surface area contributed by atoms with Gasteiger partial charge in [-0.1, -0.05) is 13.8 Å². The summed E-state index contributed by atoms with van der Waals surface area (Å²) in [4.78, 5) is 3.95. The number of aliphatic imine (C=N–C) groups is 1. The highest BCUT2D eigenvalue weighted by atomic mass is 19.4. The van der Waals surface area contributed by atoms with Crippen molar-refractivity contribution in [3.05, 3.63) is 0 Å². The van der Waals surface area contributed by atoms with E-state index in [4.69, 9.17) is 4.74 Å². The molecule has 0 bridgehead atoms. The minimum absolute atomic E-state index is 0.115. The van der Waals surface area contributed by atoms with Crippen molar-refractivity contribution < 1.29 is 17.9 Å².